The van der Waals surface area contributed by atoms with Crippen molar-refractivity contribution in [2.75, 3.05) is 18.4 Å². The van der Waals surface area contributed by atoms with Crippen LogP contribution in [0.25, 0.3) is 6.08 Å². The van der Waals surface area contributed by atoms with Crippen LogP contribution in [0.3, 0.4) is 0 Å². The first-order valence-corrected chi connectivity index (χ1v) is 9.55. The highest BCUT2D eigenvalue weighted by Crippen LogP contribution is 2.23. The van der Waals surface area contributed by atoms with Crippen LogP contribution in [0.2, 0.25) is 0 Å². The molecule has 0 atom stereocenters. The van der Waals surface area contributed by atoms with Crippen LogP contribution in [-0.2, 0) is 14.8 Å². The number of amides is 1. The molecule has 0 bridgehead atoms. The minimum atomic E-state index is -3.50. The fourth-order valence-corrected chi connectivity index (χ4v) is 4.26. The number of carbonyl (C=O) groups is 1. The van der Waals surface area contributed by atoms with Crippen LogP contribution in [-0.4, -0.2) is 31.7 Å². The summed E-state index contributed by atoms with van der Waals surface area (Å²) in [5, 5.41) is 2.67. The third-order valence-corrected chi connectivity index (χ3v) is 5.86. The van der Waals surface area contributed by atoms with E-state index in [9.17, 15) is 13.2 Å². The molecule has 2 heterocycles. The zero-order chi connectivity index (χ0) is 17.9. The van der Waals surface area contributed by atoms with E-state index in [0.29, 0.717) is 24.5 Å². The first-order chi connectivity index (χ1) is 11.9. The number of furan rings is 1. The molecule has 0 aliphatic carbocycles. The Kier molecular flexibility index (Phi) is 5.06. The Morgan fingerprint density at radius 1 is 1.20 bits per heavy atom. The molecule has 0 radical (unpaired) electrons. The Balaban J connectivity index is 1.71. The van der Waals surface area contributed by atoms with Gasteiger partial charge in [-0.1, -0.05) is 6.07 Å². The van der Waals surface area contributed by atoms with Gasteiger partial charge in [-0.15, -0.1) is 0 Å². The first-order valence-electron chi connectivity index (χ1n) is 8.11. The number of nitrogens with one attached hydrogen (secondary N) is 1. The first kappa shape index (κ1) is 17.4. The second-order valence-electron chi connectivity index (χ2n) is 5.91. The van der Waals surface area contributed by atoms with Crippen molar-refractivity contribution in [2.45, 2.75) is 24.7 Å². The predicted molar refractivity (Wildman–Crippen MR) is 95.5 cm³/mol. The molecule has 1 saturated heterocycles. The van der Waals surface area contributed by atoms with Gasteiger partial charge in [0.05, 0.1) is 4.90 Å². The van der Waals surface area contributed by atoms with E-state index in [1.165, 1.54) is 16.4 Å². The highest BCUT2D eigenvalue weighted by Gasteiger charge is 2.27. The maximum Gasteiger partial charge on any atom is 0.248 e. The molecule has 1 aliphatic rings. The van der Waals surface area contributed by atoms with Gasteiger partial charge in [-0.05, 0) is 56.2 Å². The van der Waals surface area contributed by atoms with E-state index in [0.717, 1.165) is 18.6 Å². The molecular formula is C18H20N2O4S. The maximum absolute atomic E-state index is 12.6. The topological polar surface area (TPSA) is 79.6 Å². The number of anilines is 1. The van der Waals surface area contributed by atoms with Crippen molar-refractivity contribution in [3.05, 3.63) is 54.0 Å². The van der Waals surface area contributed by atoms with Crippen molar-refractivity contribution in [2.24, 2.45) is 0 Å². The van der Waals surface area contributed by atoms with Crippen molar-refractivity contribution in [1.82, 2.24) is 4.31 Å². The van der Waals surface area contributed by atoms with Gasteiger partial charge in [0.2, 0.25) is 15.9 Å². The minimum Gasteiger partial charge on any atom is -0.462 e. The number of rotatable bonds is 5. The second-order valence-corrected chi connectivity index (χ2v) is 7.85. The summed E-state index contributed by atoms with van der Waals surface area (Å²) in [6.07, 6.45) is 4.67. The molecule has 0 saturated carbocycles. The summed E-state index contributed by atoms with van der Waals surface area (Å²) in [7, 11) is -3.50. The summed E-state index contributed by atoms with van der Waals surface area (Å²) in [5.74, 6) is 0.989. The Hall–Kier alpha value is -2.38. The fraction of sp³-hybridized carbons (Fsp3) is 0.278. The van der Waals surface area contributed by atoms with Crippen LogP contribution >= 0.6 is 0 Å². The van der Waals surface area contributed by atoms with Crippen molar-refractivity contribution in [3.8, 4) is 0 Å². The van der Waals surface area contributed by atoms with E-state index < -0.39 is 10.0 Å². The third-order valence-electron chi connectivity index (χ3n) is 3.96. The molecule has 2 aromatic rings. The van der Waals surface area contributed by atoms with Gasteiger partial charge in [0.25, 0.3) is 0 Å². The smallest absolute Gasteiger partial charge is 0.248 e. The molecule has 25 heavy (non-hydrogen) atoms. The largest absolute Gasteiger partial charge is 0.462 e. The molecule has 3 rings (SSSR count). The number of nitrogens with zero attached hydrogens (tertiary/aromatic N) is 1. The highest BCUT2D eigenvalue weighted by atomic mass is 32.2. The molecule has 0 spiro atoms. The molecular weight excluding hydrogens is 340 g/mol. The standard InChI is InChI=1S/C18H20N2O4S/c1-14-7-8-16(24-14)9-10-18(21)19-15-5-4-6-17(13-15)25(22,23)20-11-2-3-12-20/h4-10,13H,2-3,11-12H2,1H3,(H,19,21)/b10-9+. The van der Waals surface area contributed by atoms with Crippen LogP contribution in [0.5, 0.6) is 0 Å². The number of carbonyl (C=O) groups excluding carboxylic acids is 1. The summed E-state index contributed by atoms with van der Waals surface area (Å²) in [4.78, 5) is 12.2. The van der Waals surface area contributed by atoms with Gasteiger partial charge in [-0.25, -0.2) is 8.42 Å². The number of hydrogen-bond acceptors (Lipinski definition) is 4. The van der Waals surface area contributed by atoms with Crippen molar-refractivity contribution >= 4 is 27.7 Å². The van der Waals surface area contributed by atoms with E-state index in [4.69, 9.17) is 4.42 Å². The second kappa shape index (κ2) is 7.25. The fourth-order valence-electron chi connectivity index (χ4n) is 2.70. The van der Waals surface area contributed by atoms with Crippen molar-refractivity contribution < 1.29 is 17.6 Å². The van der Waals surface area contributed by atoms with Gasteiger partial charge < -0.3 is 9.73 Å². The summed E-state index contributed by atoms with van der Waals surface area (Å²) in [6, 6.07) is 9.89. The van der Waals surface area contributed by atoms with E-state index in [-0.39, 0.29) is 10.8 Å². The Morgan fingerprint density at radius 2 is 1.96 bits per heavy atom. The highest BCUT2D eigenvalue weighted by molar-refractivity contribution is 7.89. The Morgan fingerprint density at radius 3 is 2.64 bits per heavy atom. The summed E-state index contributed by atoms with van der Waals surface area (Å²) in [6.45, 7) is 2.91. The Bertz CT molecular complexity index is 893. The SMILES string of the molecule is Cc1ccc(/C=C/C(=O)Nc2cccc(S(=O)(=O)N3CCCC3)c2)o1. The normalized spacial score (nSPS) is 15.7. The molecule has 1 N–H and O–H groups in total. The van der Waals surface area contributed by atoms with Crippen LogP contribution in [0, 0.1) is 6.92 Å². The molecule has 132 valence electrons. The van der Waals surface area contributed by atoms with Gasteiger partial charge in [0.15, 0.2) is 0 Å². The predicted octanol–water partition coefficient (Wildman–Crippen LogP) is 3.02. The van der Waals surface area contributed by atoms with Gasteiger partial charge in [0.1, 0.15) is 11.5 Å². The zero-order valence-corrected chi connectivity index (χ0v) is 14.8. The molecule has 1 aromatic heterocycles. The lowest BCUT2D eigenvalue weighted by molar-refractivity contribution is -0.111. The van der Waals surface area contributed by atoms with E-state index in [2.05, 4.69) is 5.32 Å². The van der Waals surface area contributed by atoms with Gasteiger partial charge in [-0.2, -0.15) is 4.31 Å². The monoisotopic (exact) mass is 360 g/mol. The molecule has 0 unspecified atom stereocenters. The quantitative estimate of drug-likeness (QED) is 0.831. The molecule has 1 fully saturated rings. The average molecular weight is 360 g/mol. The molecule has 6 nitrogen and oxygen atoms in total. The molecule has 7 heteroatoms. The average Bonchev–Trinajstić information content (AvgIpc) is 3.25. The molecule has 1 aromatic carbocycles. The Labute approximate surface area is 147 Å². The summed E-state index contributed by atoms with van der Waals surface area (Å²) in [5.41, 5.74) is 0.436. The number of sulfonamides is 1. The number of aryl methyl sites for hydroxylation is 1. The summed E-state index contributed by atoms with van der Waals surface area (Å²) < 4.78 is 32.0. The summed E-state index contributed by atoms with van der Waals surface area (Å²) >= 11 is 0. The van der Waals surface area contributed by atoms with Gasteiger partial charge in [0, 0.05) is 24.9 Å². The zero-order valence-electron chi connectivity index (χ0n) is 13.9. The van der Waals surface area contributed by atoms with Crippen molar-refractivity contribution in [1.29, 1.82) is 0 Å². The van der Waals surface area contributed by atoms with E-state index in [1.54, 1.807) is 30.3 Å². The van der Waals surface area contributed by atoms with Crippen LogP contribution in [0.1, 0.15) is 24.4 Å². The van der Waals surface area contributed by atoms with Gasteiger partial charge >= 0.3 is 0 Å². The van der Waals surface area contributed by atoms with Gasteiger partial charge in [-0.3, -0.25) is 4.79 Å². The van der Waals surface area contributed by atoms with E-state index in [1.807, 2.05) is 13.0 Å². The van der Waals surface area contributed by atoms with E-state index >= 15 is 0 Å². The lowest BCUT2D eigenvalue weighted by Crippen LogP contribution is -2.27. The molecule has 1 aliphatic heterocycles. The van der Waals surface area contributed by atoms with Crippen LogP contribution in [0.4, 0.5) is 5.69 Å². The minimum absolute atomic E-state index is 0.192. The van der Waals surface area contributed by atoms with Crippen LogP contribution in [0.15, 0.2) is 51.8 Å². The number of benzene rings is 1. The number of hydrogen-bond donors (Lipinski definition) is 1. The maximum atomic E-state index is 12.6. The third kappa shape index (κ3) is 4.18. The van der Waals surface area contributed by atoms with Crippen LogP contribution < -0.4 is 5.32 Å². The lowest BCUT2D eigenvalue weighted by Gasteiger charge is -2.16. The lowest BCUT2D eigenvalue weighted by atomic mass is 10.3. The molecule has 1 amide bonds. The van der Waals surface area contributed by atoms with Crippen molar-refractivity contribution in [3.63, 3.8) is 0 Å².